The molecule has 5 nitrogen and oxygen atoms in total. The fourth-order valence-corrected chi connectivity index (χ4v) is 3.98. The lowest BCUT2D eigenvalue weighted by molar-refractivity contribution is 0.292. The fraction of sp³-hybridized carbons (Fsp3) is 0.107. The molecule has 0 atom stereocenters. The van der Waals surface area contributed by atoms with Crippen molar-refractivity contribution < 1.29 is 19.0 Å². The van der Waals surface area contributed by atoms with E-state index in [2.05, 4.69) is 0 Å². The maximum absolute atomic E-state index is 13.0. The summed E-state index contributed by atoms with van der Waals surface area (Å²) >= 11 is 0. The molecule has 0 amide bonds. The first-order chi connectivity index (χ1) is 16.1. The zero-order chi connectivity index (χ0) is 22.8. The van der Waals surface area contributed by atoms with Gasteiger partial charge in [-0.15, -0.1) is 0 Å². The molecule has 33 heavy (non-hydrogen) atoms. The molecule has 0 fully saturated rings. The van der Waals surface area contributed by atoms with Crippen molar-refractivity contribution in [3.8, 4) is 17.2 Å². The summed E-state index contributed by atoms with van der Waals surface area (Å²) in [6.07, 6.45) is 0. The summed E-state index contributed by atoms with van der Waals surface area (Å²) < 4.78 is 17.7. The van der Waals surface area contributed by atoms with Crippen molar-refractivity contribution in [2.24, 2.45) is 0 Å². The van der Waals surface area contributed by atoms with E-state index in [1.54, 1.807) is 12.1 Å². The van der Waals surface area contributed by atoms with Crippen molar-refractivity contribution in [1.29, 1.82) is 0 Å². The predicted molar refractivity (Wildman–Crippen MR) is 128 cm³/mol. The SMILES string of the molecule is Cc1cc(O)cc2oc(=O)c3c(OCc4ccccc4)cc(OCc4ccccc4)cc3c12. The van der Waals surface area contributed by atoms with E-state index in [0.717, 1.165) is 22.1 Å². The average molecular weight is 438 g/mol. The Kier molecular flexibility index (Phi) is 5.45. The Morgan fingerprint density at radius 2 is 1.42 bits per heavy atom. The second-order valence-corrected chi connectivity index (χ2v) is 7.92. The molecule has 5 aromatic rings. The number of benzene rings is 4. The molecule has 5 heteroatoms. The first kappa shape index (κ1) is 20.6. The van der Waals surface area contributed by atoms with E-state index < -0.39 is 5.63 Å². The molecule has 0 spiro atoms. The molecule has 1 N–H and O–H groups in total. The predicted octanol–water partition coefficient (Wildman–Crippen LogP) is 6.12. The highest BCUT2D eigenvalue weighted by Crippen LogP contribution is 2.37. The van der Waals surface area contributed by atoms with Crippen LogP contribution in [0.2, 0.25) is 0 Å². The first-order valence-electron chi connectivity index (χ1n) is 10.7. The van der Waals surface area contributed by atoms with Gasteiger partial charge in [0.25, 0.3) is 0 Å². The van der Waals surface area contributed by atoms with Gasteiger partial charge in [0.1, 0.15) is 41.4 Å². The zero-order valence-corrected chi connectivity index (χ0v) is 18.1. The monoisotopic (exact) mass is 438 g/mol. The largest absolute Gasteiger partial charge is 0.508 e. The summed E-state index contributed by atoms with van der Waals surface area (Å²) in [5, 5.41) is 11.7. The Hall–Kier alpha value is -4.25. The van der Waals surface area contributed by atoms with Gasteiger partial charge < -0.3 is 19.0 Å². The van der Waals surface area contributed by atoms with Crippen LogP contribution < -0.4 is 15.1 Å². The number of rotatable bonds is 6. The van der Waals surface area contributed by atoms with Gasteiger partial charge in [0.05, 0.1) is 0 Å². The molecule has 4 aromatic carbocycles. The van der Waals surface area contributed by atoms with Gasteiger partial charge in [-0.3, -0.25) is 0 Å². The van der Waals surface area contributed by atoms with Crippen LogP contribution in [0.4, 0.5) is 0 Å². The quantitative estimate of drug-likeness (QED) is 0.256. The minimum absolute atomic E-state index is 0.0412. The molecule has 5 rings (SSSR count). The maximum atomic E-state index is 13.0. The van der Waals surface area contributed by atoms with Crippen LogP contribution in [0.5, 0.6) is 17.2 Å². The Balaban J connectivity index is 1.65. The molecule has 0 saturated carbocycles. The van der Waals surface area contributed by atoms with Crippen LogP contribution in [-0.2, 0) is 13.2 Å². The van der Waals surface area contributed by atoms with E-state index in [4.69, 9.17) is 13.9 Å². The third-order valence-corrected chi connectivity index (χ3v) is 5.52. The van der Waals surface area contributed by atoms with Crippen molar-refractivity contribution in [1.82, 2.24) is 0 Å². The van der Waals surface area contributed by atoms with Crippen LogP contribution in [0, 0.1) is 6.92 Å². The third kappa shape index (κ3) is 4.26. The van der Waals surface area contributed by atoms with E-state index >= 15 is 0 Å². The number of hydrogen-bond acceptors (Lipinski definition) is 5. The van der Waals surface area contributed by atoms with Crippen LogP contribution in [0.25, 0.3) is 21.7 Å². The summed E-state index contributed by atoms with van der Waals surface area (Å²) in [6.45, 7) is 2.54. The van der Waals surface area contributed by atoms with Crippen molar-refractivity contribution in [3.05, 3.63) is 112 Å². The highest BCUT2D eigenvalue weighted by atomic mass is 16.5. The summed E-state index contributed by atoms with van der Waals surface area (Å²) in [7, 11) is 0. The van der Waals surface area contributed by atoms with Crippen LogP contribution in [-0.4, -0.2) is 5.11 Å². The molecular formula is C28H22O5. The van der Waals surface area contributed by atoms with Crippen molar-refractivity contribution in [2.45, 2.75) is 20.1 Å². The van der Waals surface area contributed by atoms with Crippen LogP contribution in [0.3, 0.4) is 0 Å². The molecule has 164 valence electrons. The van der Waals surface area contributed by atoms with E-state index in [0.29, 0.717) is 41.1 Å². The summed E-state index contributed by atoms with van der Waals surface area (Å²) in [6, 6.07) is 26.3. The van der Waals surface area contributed by atoms with E-state index in [1.165, 1.54) is 6.07 Å². The van der Waals surface area contributed by atoms with Crippen molar-refractivity contribution in [2.75, 3.05) is 0 Å². The normalized spacial score (nSPS) is 11.1. The van der Waals surface area contributed by atoms with Gasteiger partial charge in [0.2, 0.25) is 0 Å². The molecular weight excluding hydrogens is 416 g/mol. The number of ether oxygens (including phenoxy) is 2. The molecule has 0 aliphatic rings. The lowest BCUT2D eigenvalue weighted by Crippen LogP contribution is -2.06. The smallest absolute Gasteiger partial charge is 0.347 e. The second kappa shape index (κ2) is 8.71. The zero-order valence-electron chi connectivity index (χ0n) is 18.1. The molecule has 0 aliphatic heterocycles. The number of phenols is 1. The van der Waals surface area contributed by atoms with Gasteiger partial charge in [-0.1, -0.05) is 60.7 Å². The minimum atomic E-state index is -0.528. The third-order valence-electron chi connectivity index (χ3n) is 5.52. The highest BCUT2D eigenvalue weighted by molar-refractivity contribution is 6.08. The molecule has 1 heterocycles. The van der Waals surface area contributed by atoms with Gasteiger partial charge in [0.15, 0.2) is 0 Å². The van der Waals surface area contributed by atoms with Gasteiger partial charge in [0, 0.05) is 22.9 Å². The van der Waals surface area contributed by atoms with Crippen molar-refractivity contribution >= 4 is 21.7 Å². The molecule has 0 radical (unpaired) electrons. The van der Waals surface area contributed by atoms with Crippen LogP contribution in [0.15, 0.2) is 94.1 Å². The van der Waals surface area contributed by atoms with Crippen LogP contribution in [0.1, 0.15) is 16.7 Å². The second-order valence-electron chi connectivity index (χ2n) is 7.92. The Bertz CT molecular complexity index is 1490. The molecule has 0 unspecified atom stereocenters. The minimum Gasteiger partial charge on any atom is -0.508 e. The number of aromatic hydroxyl groups is 1. The van der Waals surface area contributed by atoms with Crippen molar-refractivity contribution in [3.63, 3.8) is 0 Å². The Morgan fingerprint density at radius 1 is 0.788 bits per heavy atom. The van der Waals surface area contributed by atoms with Gasteiger partial charge in [-0.05, 0) is 35.7 Å². The van der Waals surface area contributed by atoms with E-state index in [1.807, 2.05) is 73.7 Å². The lowest BCUT2D eigenvalue weighted by Gasteiger charge is -2.14. The topological polar surface area (TPSA) is 68.9 Å². The molecule has 0 bridgehead atoms. The summed E-state index contributed by atoms with van der Waals surface area (Å²) in [5.74, 6) is 1.01. The fourth-order valence-electron chi connectivity index (χ4n) is 3.98. The lowest BCUT2D eigenvalue weighted by atomic mass is 10.0. The molecule has 0 aliphatic carbocycles. The number of hydrogen-bond donors (Lipinski definition) is 1. The highest BCUT2D eigenvalue weighted by Gasteiger charge is 2.17. The van der Waals surface area contributed by atoms with Crippen LogP contribution >= 0.6 is 0 Å². The van der Waals surface area contributed by atoms with Gasteiger partial charge in [-0.25, -0.2) is 4.79 Å². The summed E-state index contributed by atoms with van der Waals surface area (Å²) in [5.41, 5.74) is 2.59. The van der Waals surface area contributed by atoms with E-state index in [-0.39, 0.29) is 5.75 Å². The molecule has 0 saturated heterocycles. The standard InChI is InChI=1S/C28H22O5/c1-18-12-21(29)13-25-26(18)23-14-22(31-16-19-8-4-2-5-9-19)15-24(27(23)28(30)33-25)32-17-20-10-6-3-7-11-20/h2-15,29H,16-17H2,1H3. The number of fused-ring (bicyclic) bond motifs is 3. The summed E-state index contributed by atoms with van der Waals surface area (Å²) in [4.78, 5) is 13.0. The van der Waals surface area contributed by atoms with E-state index in [9.17, 15) is 9.90 Å². The average Bonchev–Trinajstić information content (AvgIpc) is 2.82. The Labute approximate surface area is 190 Å². The van der Waals surface area contributed by atoms with Gasteiger partial charge >= 0.3 is 5.63 Å². The molecule has 1 aromatic heterocycles. The Morgan fingerprint density at radius 3 is 2.09 bits per heavy atom. The maximum Gasteiger partial charge on any atom is 0.347 e. The first-order valence-corrected chi connectivity index (χ1v) is 10.7. The number of phenolic OH excluding ortho intramolecular Hbond substituents is 1. The van der Waals surface area contributed by atoms with Gasteiger partial charge in [-0.2, -0.15) is 0 Å². The number of aryl methyl sites for hydroxylation is 1.